The van der Waals surface area contributed by atoms with E-state index in [1.54, 1.807) is 14.2 Å². The van der Waals surface area contributed by atoms with Crippen LogP contribution in [0.3, 0.4) is 0 Å². The first-order chi connectivity index (χ1) is 8.49. The molecule has 0 atom stereocenters. The van der Waals surface area contributed by atoms with E-state index in [0.29, 0.717) is 6.54 Å². The van der Waals surface area contributed by atoms with Crippen LogP contribution in [-0.4, -0.2) is 30.7 Å². The Morgan fingerprint density at radius 1 is 1.33 bits per heavy atom. The van der Waals surface area contributed by atoms with Crippen LogP contribution in [0.2, 0.25) is 0 Å². The molecule has 0 aromatic heterocycles. The van der Waals surface area contributed by atoms with Gasteiger partial charge in [0.25, 0.3) is 5.91 Å². The van der Waals surface area contributed by atoms with Gasteiger partial charge in [-0.1, -0.05) is 19.1 Å². The number of ether oxygens (including phenoxy) is 1. The molecule has 0 fully saturated rings. The first-order valence-electron chi connectivity index (χ1n) is 5.91. The van der Waals surface area contributed by atoms with Crippen LogP contribution in [0.25, 0.3) is 0 Å². The number of methoxy groups -OCH3 is 1. The van der Waals surface area contributed by atoms with Crippen molar-refractivity contribution in [2.45, 2.75) is 26.8 Å². The number of hydrogen-bond acceptors (Lipinski definition) is 3. The minimum Gasteiger partial charge on any atom is -0.496 e. The molecule has 0 saturated heterocycles. The Bertz CT molecular complexity index is 454. The fraction of sp³-hybridized carbons (Fsp3) is 0.429. The molecule has 0 unspecified atom stereocenters. The molecule has 1 aromatic rings. The molecule has 0 heterocycles. The van der Waals surface area contributed by atoms with Gasteiger partial charge in [0.15, 0.2) is 0 Å². The number of amides is 1. The molecule has 0 N–H and O–H groups in total. The molecule has 0 aliphatic carbocycles. The zero-order chi connectivity index (χ0) is 13.7. The summed E-state index contributed by atoms with van der Waals surface area (Å²) in [6.07, 6.45) is 0.918. The summed E-state index contributed by atoms with van der Waals surface area (Å²) in [6.45, 7) is 3.71. The van der Waals surface area contributed by atoms with E-state index < -0.39 is 11.7 Å². The van der Waals surface area contributed by atoms with E-state index in [9.17, 15) is 9.59 Å². The quantitative estimate of drug-likeness (QED) is 0.748. The smallest absolute Gasteiger partial charge is 0.289 e. The predicted molar refractivity (Wildman–Crippen MR) is 69.5 cm³/mol. The largest absolute Gasteiger partial charge is 0.496 e. The van der Waals surface area contributed by atoms with Crippen molar-refractivity contribution >= 4 is 11.7 Å². The number of rotatable bonds is 5. The topological polar surface area (TPSA) is 46.6 Å². The second-order valence-corrected chi connectivity index (χ2v) is 4.22. The number of carbonyl (C=O) groups excluding carboxylic acids is 2. The van der Waals surface area contributed by atoms with Crippen molar-refractivity contribution in [3.63, 3.8) is 0 Å². The van der Waals surface area contributed by atoms with Gasteiger partial charge in [0.05, 0.1) is 7.11 Å². The Kier molecular flexibility index (Phi) is 4.89. The SMILES string of the molecule is CCc1ccc(OC)c(CN(C)C(=O)C(C)=O)c1. The summed E-state index contributed by atoms with van der Waals surface area (Å²) in [7, 11) is 3.21. The van der Waals surface area contributed by atoms with Gasteiger partial charge in [0.2, 0.25) is 5.78 Å². The van der Waals surface area contributed by atoms with Crippen molar-refractivity contribution in [2.24, 2.45) is 0 Å². The van der Waals surface area contributed by atoms with E-state index in [2.05, 4.69) is 6.92 Å². The van der Waals surface area contributed by atoms with E-state index in [0.717, 1.165) is 17.7 Å². The molecule has 1 rings (SSSR count). The Morgan fingerprint density at radius 2 is 2.00 bits per heavy atom. The predicted octanol–water partition coefficient (Wildman–Crippen LogP) is 1.81. The average molecular weight is 249 g/mol. The molecule has 0 aliphatic heterocycles. The lowest BCUT2D eigenvalue weighted by molar-refractivity contribution is -0.143. The van der Waals surface area contributed by atoms with E-state index in [1.807, 2.05) is 18.2 Å². The number of benzene rings is 1. The molecule has 0 bridgehead atoms. The van der Waals surface area contributed by atoms with Crippen LogP contribution in [0.15, 0.2) is 18.2 Å². The highest BCUT2D eigenvalue weighted by Gasteiger charge is 2.15. The number of ketones is 1. The molecule has 0 spiro atoms. The highest BCUT2D eigenvalue weighted by Crippen LogP contribution is 2.21. The zero-order valence-electron chi connectivity index (χ0n) is 11.3. The van der Waals surface area contributed by atoms with Crippen LogP contribution in [0.1, 0.15) is 25.0 Å². The van der Waals surface area contributed by atoms with E-state index >= 15 is 0 Å². The van der Waals surface area contributed by atoms with Crippen LogP contribution in [0, 0.1) is 0 Å². The Morgan fingerprint density at radius 3 is 2.50 bits per heavy atom. The van der Waals surface area contributed by atoms with Crippen LogP contribution in [-0.2, 0) is 22.6 Å². The molecule has 0 radical (unpaired) electrons. The fourth-order valence-electron chi connectivity index (χ4n) is 1.77. The van der Waals surface area contributed by atoms with Gasteiger partial charge in [-0.05, 0) is 18.1 Å². The highest BCUT2D eigenvalue weighted by molar-refractivity contribution is 6.34. The van der Waals surface area contributed by atoms with Crippen LogP contribution in [0.5, 0.6) is 5.75 Å². The summed E-state index contributed by atoms with van der Waals surface area (Å²) in [5.41, 5.74) is 2.09. The lowest BCUT2D eigenvalue weighted by Gasteiger charge is -2.18. The third kappa shape index (κ3) is 3.32. The number of likely N-dealkylation sites (N-methyl/N-ethyl adjacent to an activating group) is 1. The molecule has 0 saturated carbocycles. The second-order valence-electron chi connectivity index (χ2n) is 4.22. The van der Waals surface area contributed by atoms with Crippen molar-refractivity contribution in [2.75, 3.05) is 14.2 Å². The fourth-order valence-corrected chi connectivity index (χ4v) is 1.77. The summed E-state index contributed by atoms with van der Waals surface area (Å²) in [5, 5.41) is 0. The molecule has 4 nitrogen and oxygen atoms in total. The van der Waals surface area contributed by atoms with Crippen molar-refractivity contribution in [1.29, 1.82) is 0 Å². The van der Waals surface area contributed by atoms with Gasteiger partial charge >= 0.3 is 0 Å². The number of Topliss-reactive ketones (excluding diaryl/α,β-unsaturated/α-hetero) is 1. The monoisotopic (exact) mass is 249 g/mol. The summed E-state index contributed by atoms with van der Waals surface area (Å²) in [4.78, 5) is 24.0. The van der Waals surface area contributed by atoms with Crippen molar-refractivity contribution in [1.82, 2.24) is 4.90 Å². The summed E-state index contributed by atoms with van der Waals surface area (Å²) in [5.74, 6) is -0.211. The van der Waals surface area contributed by atoms with Crippen LogP contribution in [0.4, 0.5) is 0 Å². The van der Waals surface area contributed by atoms with Gasteiger partial charge in [-0.25, -0.2) is 0 Å². The Hall–Kier alpha value is -1.84. The number of hydrogen-bond donors (Lipinski definition) is 0. The minimum atomic E-state index is -0.487. The van der Waals surface area contributed by atoms with Crippen molar-refractivity contribution in [3.8, 4) is 5.75 Å². The number of carbonyl (C=O) groups is 2. The second kappa shape index (κ2) is 6.19. The molecule has 98 valence electrons. The molecule has 18 heavy (non-hydrogen) atoms. The Balaban J connectivity index is 2.94. The summed E-state index contributed by atoms with van der Waals surface area (Å²) in [6, 6.07) is 5.89. The lowest BCUT2D eigenvalue weighted by atomic mass is 10.1. The minimum absolute atomic E-state index is 0.370. The number of nitrogens with zero attached hydrogens (tertiary/aromatic N) is 1. The highest BCUT2D eigenvalue weighted by atomic mass is 16.5. The van der Waals surface area contributed by atoms with E-state index in [1.165, 1.54) is 17.4 Å². The molecular weight excluding hydrogens is 230 g/mol. The van der Waals surface area contributed by atoms with Gasteiger partial charge in [-0.3, -0.25) is 9.59 Å². The third-order valence-corrected chi connectivity index (χ3v) is 2.81. The zero-order valence-corrected chi connectivity index (χ0v) is 11.3. The normalized spacial score (nSPS) is 10.0. The van der Waals surface area contributed by atoms with E-state index in [4.69, 9.17) is 4.74 Å². The molecular formula is C14H19NO3. The van der Waals surface area contributed by atoms with E-state index in [-0.39, 0.29) is 0 Å². The summed E-state index contributed by atoms with van der Waals surface area (Å²) < 4.78 is 5.26. The maximum atomic E-state index is 11.5. The molecule has 1 amide bonds. The van der Waals surface area contributed by atoms with Gasteiger partial charge in [-0.2, -0.15) is 0 Å². The molecule has 4 heteroatoms. The summed E-state index contributed by atoms with van der Waals surface area (Å²) >= 11 is 0. The van der Waals surface area contributed by atoms with Gasteiger partial charge in [0.1, 0.15) is 5.75 Å². The first kappa shape index (κ1) is 14.2. The maximum Gasteiger partial charge on any atom is 0.289 e. The Labute approximate surface area is 108 Å². The first-order valence-corrected chi connectivity index (χ1v) is 5.91. The number of aryl methyl sites for hydroxylation is 1. The molecule has 0 aliphatic rings. The van der Waals surface area contributed by atoms with Crippen molar-refractivity contribution < 1.29 is 14.3 Å². The standard InChI is InChI=1S/C14H19NO3/c1-5-11-6-7-13(18-4)12(8-11)9-15(3)14(17)10(2)16/h6-8H,5,9H2,1-4H3. The third-order valence-electron chi connectivity index (χ3n) is 2.81. The van der Waals surface area contributed by atoms with Crippen LogP contribution < -0.4 is 4.74 Å². The lowest BCUT2D eigenvalue weighted by Crippen LogP contribution is -2.31. The maximum absolute atomic E-state index is 11.5. The molecule has 1 aromatic carbocycles. The van der Waals surface area contributed by atoms with Crippen molar-refractivity contribution in [3.05, 3.63) is 29.3 Å². The van der Waals surface area contributed by atoms with Gasteiger partial charge in [0, 0.05) is 26.1 Å². The average Bonchev–Trinajstić information content (AvgIpc) is 2.37. The van der Waals surface area contributed by atoms with Gasteiger partial charge < -0.3 is 9.64 Å². The van der Waals surface area contributed by atoms with Gasteiger partial charge in [-0.15, -0.1) is 0 Å². The van der Waals surface area contributed by atoms with Crippen LogP contribution >= 0.6 is 0 Å².